The Kier molecular flexibility index (Phi) is 18.5. The molecule has 0 radical (unpaired) electrons. The van der Waals surface area contributed by atoms with Gasteiger partial charge < -0.3 is 20.5 Å². The van der Waals surface area contributed by atoms with Crippen molar-refractivity contribution in [2.45, 2.75) is 116 Å². The Morgan fingerprint density at radius 2 is 1.33 bits per heavy atom. The minimum Gasteiger partial charge on any atom is -0.506 e. The quantitative estimate of drug-likeness (QED) is 0.0700. The summed E-state index contributed by atoms with van der Waals surface area (Å²) < 4.78 is 5.08. The molecule has 0 spiro atoms. The maximum Gasteiger partial charge on any atom is 0.311 e. The third-order valence-electron chi connectivity index (χ3n) is 7.45. The molecule has 0 fully saturated rings. The number of rotatable bonds is 23. The summed E-state index contributed by atoms with van der Waals surface area (Å²) in [5.41, 5.74) is 0.181. The van der Waals surface area contributed by atoms with E-state index in [-0.39, 0.29) is 43.2 Å². The van der Waals surface area contributed by atoms with Crippen LogP contribution in [0, 0.1) is 0 Å². The highest BCUT2D eigenvalue weighted by atomic mass is 16.5. The molecule has 232 valence electrons. The molecule has 42 heavy (non-hydrogen) atoms. The van der Waals surface area contributed by atoms with Gasteiger partial charge in [-0.15, -0.1) is 0 Å². The van der Waals surface area contributed by atoms with E-state index in [0.29, 0.717) is 5.39 Å². The van der Waals surface area contributed by atoms with Gasteiger partial charge in [0.1, 0.15) is 5.75 Å². The molecule has 0 saturated heterocycles. The summed E-state index contributed by atoms with van der Waals surface area (Å²) in [5, 5.41) is 17.2. The molecule has 0 unspecified atom stereocenters. The van der Waals surface area contributed by atoms with E-state index < -0.39 is 11.9 Å². The van der Waals surface area contributed by atoms with Crippen LogP contribution < -0.4 is 10.6 Å². The fraction of sp³-hybridized carbons (Fsp3) is 0.571. The number of fused-ring (bicyclic) bond motifs is 1. The molecule has 0 aliphatic rings. The number of ether oxygens (including phenoxy) is 1. The number of aromatic hydroxyl groups is 1. The highest BCUT2D eigenvalue weighted by molar-refractivity contribution is 6.03. The van der Waals surface area contributed by atoms with Crippen molar-refractivity contribution < 1.29 is 24.2 Å². The summed E-state index contributed by atoms with van der Waals surface area (Å²) in [6.45, 7) is 2.68. The van der Waals surface area contributed by atoms with Crippen molar-refractivity contribution in [1.82, 2.24) is 10.6 Å². The summed E-state index contributed by atoms with van der Waals surface area (Å²) in [4.78, 5) is 36.3. The highest BCUT2D eigenvalue weighted by Crippen LogP contribution is 2.28. The Morgan fingerprint density at radius 3 is 2.00 bits per heavy atom. The zero-order valence-electron chi connectivity index (χ0n) is 25.6. The molecule has 2 amide bonds. The number of carbonyl (C=O) groups is 3. The zero-order valence-corrected chi connectivity index (χ0v) is 25.6. The molecule has 0 atom stereocenters. The number of phenols is 1. The Labute approximate surface area is 252 Å². The van der Waals surface area contributed by atoms with Gasteiger partial charge in [0, 0.05) is 24.9 Å². The van der Waals surface area contributed by atoms with E-state index in [0.717, 1.165) is 18.2 Å². The van der Waals surface area contributed by atoms with Crippen LogP contribution in [0.5, 0.6) is 5.75 Å². The minimum absolute atomic E-state index is 0.00759. The van der Waals surface area contributed by atoms with Crippen LogP contribution in [-0.4, -0.2) is 36.0 Å². The number of allylic oxidation sites excluding steroid dienone is 1. The van der Waals surface area contributed by atoms with Crippen LogP contribution in [-0.2, 0) is 14.3 Å². The summed E-state index contributed by atoms with van der Waals surface area (Å²) in [6, 6.07) is 10.6. The van der Waals surface area contributed by atoms with Gasteiger partial charge in [-0.2, -0.15) is 0 Å². The minimum atomic E-state index is -0.442. The van der Waals surface area contributed by atoms with E-state index in [9.17, 15) is 19.5 Å². The van der Waals surface area contributed by atoms with Gasteiger partial charge in [0.25, 0.3) is 5.91 Å². The van der Waals surface area contributed by atoms with Crippen molar-refractivity contribution >= 4 is 28.6 Å². The number of nitrogens with one attached hydrogen (secondary N) is 2. The van der Waals surface area contributed by atoms with Crippen LogP contribution in [0.4, 0.5) is 0 Å². The number of carbonyl (C=O) groups excluding carboxylic acids is 3. The molecule has 0 aliphatic heterocycles. The Balaban J connectivity index is 1.40. The van der Waals surface area contributed by atoms with Crippen LogP contribution in [0.1, 0.15) is 126 Å². The second kappa shape index (κ2) is 22.3. The molecule has 7 heteroatoms. The van der Waals surface area contributed by atoms with Crippen molar-refractivity contribution in [2.75, 3.05) is 13.1 Å². The Hall–Kier alpha value is -3.35. The van der Waals surface area contributed by atoms with Crippen molar-refractivity contribution in [1.29, 1.82) is 0 Å². The second-order valence-electron chi connectivity index (χ2n) is 11.0. The monoisotopic (exact) mass is 580 g/mol. The summed E-state index contributed by atoms with van der Waals surface area (Å²) in [7, 11) is 0. The van der Waals surface area contributed by atoms with E-state index in [1.54, 1.807) is 24.3 Å². The molecule has 2 rings (SSSR count). The van der Waals surface area contributed by atoms with Crippen molar-refractivity contribution in [3.05, 3.63) is 54.3 Å². The summed E-state index contributed by atoms with van der Waals surface area (Å²) >= 11 is 0. The lowest BCUT2D eigenvalue weighted by Crippen LogP contribution is -2.34. The molecule has 0 aromatic heterocycles. The lowest BCUT2D eigenvalue weighted by molar-refractivity contribution is -0.139. The molecule has 0 saturated carbocycles. The molecule has 0 bridgehead atoms. The average Bonchev–Trinajstić information content (AvgIpc) is 3.00. The van der Waals surface area contributed by atoms with Crippen molar-refractivity contribution in [2.24, 2.45) is 0 Å². The number of hydrogen-bond donors (Lipinski definition) is 3. The van der Waals surface area contributed by atoms with Gasteiger partial charge in [-0.05, 0) is 30.4 Å². The van der Waals surface area contributed by atoms with Gasteiger partial charge in [-0.1, -0.05) is 121 Å². The first kappa shape index (κ1) is 34.8. The van der Waals surface area contributed by atoms with E-state index in [4.69, 9.17) is 4.74 Å². The number of unbranched alkanes of at least 4 members (excludes halogenated alkanes) is 14. The number of hydrogen-bond acceptors (Lipinski definition) is 5. The van der Waals surface area contributed by atoms with Gasteiger partial charge in [-0.25, -0.2) is 0 Å². The number of amides is 2. The first-order valence-corrected chi connectivity index (χ1v) is 16.1. The van der Waals surface area contributed by atoms with Crippen LogP contribution in [0.3, 0.4) is 0 Å². The zero-order chi connectivity index (χ0) is 30.3. The SMILES string of the molecule is CCCCCCCCCCCCCCCC/C=C/OC(=O)CCC(=O)NCCNC(=O)c1ccc2ccccc2c1O. The van der Waals surface area contributed by atoms with Gasteiger partial charge in [0.2, 0.25) is 5.91 Å². The molecular weight excluding hydrogens is 528 g/mol. The van der Waals surface area contributed by atoms with Gasteiger partial charge in [-0.3, -0.25) is 14.4 Å². The molecule has 3 N–H and O–H groups in total. The maximum atomic E-state index is 12.4. The Morgan fingerprint density at radius 1 is 0.738 bits per heavy atom. The molecule has 0 heterocycles. The molecule has 2 aromatic rings. The van der Waals surface area contributed by atoms with Gasteiger partial charge in [0.15, 0.2) is 0 Å². The molecule has 2 aromatic carbocycles. The lowest BCUT2D eigenvalue weighted by Gasteiger charge is -2.10. The fourth-order valence-corrected chi connectivity index (χ4v) is 4.92. The topological polar surface area (TPSA) is 105 Å². The third-order valence-corrected chi connectivity index (χ3v) is 7.45. The lowest BCUT2D eigenvalue weighted by atomic mass is 10.0. The van der Waals surface area contributed by atoms with Crippen LogP contribution in [0.2, 0.25) is 0 Å². The van der Waals surface area contributed by atoms with E-state index in [1.807, 2.05) is 18.2 Å². The third kappa shape index (κ3) is 15.0. The number of phenolic OH excluding ortho intramolecular Hbond substituents is 1. The maximum absolute atomic E-state index is 12.4. The van der Waals surface area contributed by atoms with Crippen LogP contribution >= 0.6 is 0 Å². The normalized spacial score (nSPS) is 11.2. The van der Waals surface area contributed by atoms with Gasteiger partial charge >= 0.3 is 5.97 Å². The van der Waals surface area contributed by atoms with Gasteiger partial charge in [0.05, 0.1) is 18.2 Å². The summed E-state index contributed by atoms with van der Waals surface area (Å²) in [6.07, 6.45) is 22.8. The predicted octanol–water partition coefficient (Wildman–Crippen LogP) is 8.10. The standard InChI is InChI=1S/C35H52N2O5/c1-2-3-4-5-6-7-8-9-10-11-12-13-14-15-16-19-28-42-33(39)25-24-32(38)36-26-27-37-35(41)31-23-22-29-20-17-18-21-30(29)34(31)40/h17-23,28,40H,2-16,24-27H2,1H3,(H,36,38)(H,37,41)/b28-19+. The largest absolute Gasteiger partial charge is 0.506 e. The average molecular weight is 581 g/mol. The van der Waals surface area contributed by atoms with Crippen molar-refractivity contribution in [3.8, 4) is 5.75 Å². The van der Waals surface area contributed by atoms with E-state index in [2.05, 4.69) is 17.6 Å². The Bertz CT molecular complexity index is 1100. The highest BCUT2D eigenvalue weighted by Gasteiger charge is 2.13. The summed E-state index contributed by atoms with van der Waals surface area (Å²) in [5.74, 6) is -1.22. The van der Waals surface area contributed by atoms with E-state index >= 15 is 0 Å². The number of benzene rings is 2. The van der Waals surface area contributed by atoms with Crippen molar-refractivity contribution in [3.63, 3.8) is 0 Å². The molecular formula is C35H52N2O5. The predicted molar refractivity (Wildman–Crippen MR) is 170 cm³/mol. The number of esters is 1. The molecule has 7 nitrogen and oxygen atoms in total. The first-order chi connectivity index (χ1) is 20.5. The van der Waals surface area contributed by atoms with Crippen LogP contribution in [0.15, 0.2) is 48.7 Å². The molecule has 0 aliphatic carbocycles. The smallest absolute Gasteiger partial charge is 0.311 e. The first-order valence-electron chi connectivity index (χ1n) is 16.1. The second-order valence-corrected chi connectivity index (χ2v) is 11.0. The fourth-order valence-electron chi connectivity index (χ4n) is 4.92. The van der Waals surface area contributed by atoms with E-state index in [1.165, 1.54) is 89.7 Å². The van der Waals surface area contributed by atoms with Crippen LogP contribution in [0.25, 0.3) is 10.8 Å².